The van der Waals surface area contributed by atoms with Crippen molar-refractivity contribution in [3.8, 4) is 0 Å². The van der Waals surface area contributed by atoms with Gasteiger partial charge in [0, 0.05) is 12.2 Å². The van der Waals surface area contributed by atoms with Gasteiger partial charge in [-0.3, -0.25) is 0 Å². The topological polar surface area (TPSA) is 46.5 Å². The van der Waals surface area contributed by atoms with Crippen LogP contribution < -0.4 is 0 Å². The molecule has 0 aliphatic heterocycles. The fourth-order valence-electron chi connectivity index (χ4n) is 0.692. The summed E-state index contributed by atoms with van der Waals surface area (Å²) < 4.78 is 5.18. The molecule has 0 bridgehead atoms. The molecule has 0 aliphatic carbocycles. The fourth-order valence-corrected chi connectivity index (χ4v) is 0.692. The molecule has 0 heterocycles. The second kappa shape index (κ2) is 6.85. The highest BCUT2D eigenvalue weighted by Crippen LogP contribution is 1.95. The molecule has 0 aromatic carbocycles. The maximum absolute atomic E-state index is 10.3. The Bertz CT molecular complexity index is 161. The molecule has 3 heteroatoms. The predicted octanol–water partition coefficient (Wildman–Crippen LogP) is 1.83. The predicted molar refractivity (Wildman–Crippen MR) is 47.1 cm³/mol. The van der Waals surface area contributed by atoms with Crippen LogP contribution in [0.5, 0.6) is 0 Å². The van der Waals surface area contributed by atoms with E-state index in [0.29, 0.717) is 18.6 Å². The third-order valence-electron chi connectivity index (χ3n) is 1.40. The van der Waals surface area contributed by atoms with Gasteiger partial charge in [0.05, 0.1) is 6.61 Å². The zero-order valence-electron chi connectivity index (χ0n) is 7.67. The standard InChI is InChI=1S/C9H16O3/c1-3-6-12-7-4-5-8(2)9(10)11/h5H,3-4,6-7H2,1-2H3,(H,10,11). The van der Waals surface area contributed by atoms with Gasteiger partial charge in [-0.15, -0.1) is 0 Å². The number of carbonyl (C=O) groups is 1. The van der Waals surface area contributed by atoms with E-state index in [-0.39, 0.29) is 0 Å². The van der Waals surface area contributed by atoms with Crippen molar-refractivity contribution >= 4 is 5.97 Å². The van der Waals surface area contributed by atoms with Gasteiger partial charge in [-0.1, -0.05) is 13.0 Å². The number of hydrogen-bond acceptors (Lipinski definition) is 2. The number of rotatable bonds is 6. The maximum Gasteiger partial charge on any atom is 0.330 e. The van der Waals surface area contributed by atoms with Crippen molar-refractivity contribution in [2.45, 2.75) is 26.7 Å². The summed E-state index contributed by atoms with van der Waals surface area (Å²) in [6, 6.07) is 0. The summed E-state index contributed by atoms with van der Waals surface area (Å²) >= 11 is 0. The van der Waals surface area contributed by atoms with E-state index >= 15 is 0 Å². The van der Waals surface area contributed by atoms with Gasteiger partial charge in [0.25, 0.3) is 0 Å². The highest BCUT2D eigenvalue weighted by atomic mass is 16.5. The lowest BCUT2D eigenvalue weighted by molar-refractivity contribution is -0.132. The monoisotopic (exact) mass is 172 g/mol. The third kappa shape index (κ3) is 5.92. The molecule has 12 heavy (non-hydrogen) atoms. The Hall–Kier alpha value is -0.830. The number of carboxylic acid groups (broad SMARTS) is 1. The van der Waals surface area contributed by atoms with Gasteiger partial charge in [-0.25, -0.2) is 4.79 Å². The van der Waals surface area contributed by atoms with E-state index < -0.39 is 5.97 Å². The highest BCUT2D eigenvalue weighted by molar-refractivity contribution is 5.85. The average molecular weight is 172 g/mol. The van der Waals surface area contributed by atoms with Crippen molar-refractivity contribution in [3.63, 3.8) is 0 Å². The zero-order chi connectivity index (χ0) is 9.40. The summed E-state index contributed by atoms with van der Waals surface area (Å²) in [7, 11) is 0. The number of ether oxygens (including phenoxy) is 1. The van der Waals surface area contributed by atoms with Crippen molar-refractivity contribution in [3.05, 3.63) is 11.6 Å². The molecule has 0 aromatic heterocycles. The lowest BCUT2D eigenvalue weighted by Gasteiger charge is -1.98. The van der Waals surface area contributed by atoms with Crippen LogP contribution in [0, 0.1) is 0 Å². The average Bonchev–Trinajstić information content (AvgIpc) is 2.03. The minimum atomic E-state index is -0.856. The van der Waals surface area contributed by atoms with Gasteiger partial charge in [0.1, 0.15) is 0 Å². The highest BCUT2D eigenvalue weighted by Gasteiger charge is 1.97. The minimum Gasteiger partial charge on any atom is -0.478 e. The minimum absolute atomic E-state index is 0.384. The first kappa shape index (κ1) is 11.2. The van der Waals surface area contributed by atoms with Gasteiger partial charge in [0.15, 0.2) is 0 Å². The summed E-state index contributed by atoms with van der Waals surface area (Å²) in [5.74, 6) is -0.856. The van der Waals surface area contributed by atoms with Crippen LogP contribution in [0.4, 0.5) is 0 Å². The third-order valence-corrected chi connectivity index (χ3v) is 1.40. The normalized spacial score (nSPS) is 11.7. The molecular weight excluding hydrogens is 156 g/mol. The number of hydrogen-bond donors (Lipinski definition) is 1. The number of carboxylic acids is 1. The van der Waals surface area contributed by atoms with Gasteiger partial charge >= 0.3 is 5.97 Å². The Morgan fingerprint density at radius 2 is 2.17 bits per heavy atom. The Morgan fingerprint density at radius 1 is 1.50 bits per heavy atom. The van der Waals surface area contributed by atoms with Gasteiger partial charge in [0.2, 0.25) is 0 Å². The van der Waals surface area contributed by atoms with Crippen LogP contribution in [-0.4, -0.2) is 24.3 Å². The summed E-state index contributed by atoms with van der Waals surface area (Å²) in [6.07, 6.45) is 3.36. The van der Waals surface area contributed by atoms with Crippen LogP contribution in [0.15, 0.2) is 11.6 Å². The molecule has 0 spiro atoms. The molecule has 3 nitrogen and oxygen atoms in total. The molecule has 0 rings (SSSR count). The molecule has 1 N–H and O–H groups in total. The van der Waals surface area contributed by atoms with Crippen LogP contribution in [0.25, 0.3) is 0 Å². The Morgan fingerprint density at radius 3 is 2.67 bits per heavy atom. The Balaban J connectivity index is 3.40. The van der Waals surface area contributed by atoms with E-state index in [1.54, 1.807) is 13.0 Å². The second-order valence-corrected chi connectivity index (χ2v) is 2.59. The molecule has 0 amide bonds. The molecule has 0 radical (unpaired) electrons. The van der Waals surface area contributed by atoms with E-state index in [4.69, 9.17) is 9.84 Å². The fraction of sp³-hybridized carbons (Fsp3) is 0.667. The van der Waals surface area contributed by atoms with Crippen LogP contribution in [0.1, 0.15) is 26.7 Å². The van der Waals surface area contributed by atoms with Crippen molar-refractivity contribution in [2.24, 2.45) is 0 Å². The van der Waals surface area contributed by atoms with E-state index in [0.717, 1.165) is 13.0 Å². The summed E-state index contributed by atoms with van der Waals surface area (Å²) in [6.45, 7) is 4.99. The van der Waals surface area contributed by atoms with Crippen LogP contribution in [0.2, 0.25) is 0 Å². The summed E-state index contributed by atoms with van der Waals surface area (Å²) in [5.41, 5.74) is 0.384. The maximum atomic E-state index is 10.3. The van der Waals surface area contributed by atoms with Crippen LogP contribution in [0.3, 0.4) is 0 Å². The van der Waals surface area contributed by atoms with Crippen LogP contribution >= 0.6 is 0 Å². The van der Waals surface area contributed by atoms with Crippen molar-refractivity contribution in [1.82, 2.24) is 0 Å². The Kier molecular flexibility index (Phi) is 6.38. The molecular formula is C9H16O3. The van der Waals surface area contributed by atoms with Crippen LogP contribution in [-0.2, 0) is 9.53 Å². The first-order chi connectivity index (χ1) is 5.68. The number of aliphatic carboxylic acids is 1. The van der Waals surface area contributed by atoms with Crippen molar-refractivity contribution in [2.75, 3.05) is 13.2 Å². The van der Waals surface area contributed by atoms with E-state index in [1.807, 2.05) is 6.92 Å². The van der Waals surface area contributed by atoms with E-state index in [9.17, 15) is 4.79 Å². The molecule has 0 saturated carbocycles. The Labute approximate surface area is 73.0 Å². The SMILES string of the molecule is CCCOCCC=C(C)C(=O)O. The molecule has 70 valence electrons. The molecule has 0 aliphatic rings. The lowest BCUT2D eigenvalue weighted by Crippen LogP contribution is -1.98. The van der Waals surface area contributed by atoms with E-state index in [2.05, 4.69) is 0 Å². The largest absolute Gasteiger partial charge is 0.478 e. The van der Waals surface area contributed by atoms with E-state index in [1.165, 1.54) is 0 Å². The molecule has 0 aromatic rings. The van der Waals surface area contributed by atoms with Gasteiger partial charge in [-0.05, 0) is 19.8 Å². The quantitative estimate of drug-likeness (QED) is 0.491. The molecule has 0 atom stereocenters. The van der Waals surface area contributed by atoms with Gasteiger partial charge in [-0.2, -0.15) is 0 Å². The summed E-state index contributed by atoms with van der Waals surface area (Å²) in [5, 5.41) is 8.48. The zero-order valence-corrected chi connectivity index (χ0v) is 7.67. The molecule has 0 unspecified atom stereocenters. The van der Waals surface area contributed by atoms with Crippen molar-refractivity contribution < 1.29 is 14.6 Å². The smallest absolute Gasteiger partial charge is 0.330 e. The second-order valence-electron chi connectivity index (χ2n) is 2.59. The molecule has 0 fully saturated rings. The van der Waals surface area contributed by atoms with Crippen molar-refractivity contribution in [1.29, 1.82) is 0 Å². The first-order valence-electron chi connectivity index (χ1n) is 4.16. The first-order valence-corrected chi connectivity index (χ1v) is 4.16. The van der Waals surface area contributed by atoms with Gasteiger partial charge < -0.3 is 9.84 Å². The summed E-state index contributed by atoms with van der Waals surface area (Å²) in [4.78, 5) is 10.3. The molecule has 0 saturated heterocycles. The lowest BCUT2D eigenvalue weighted by atomic mass is 10.2.